The van der Waals surface area contributed by atoms with E-state index in [2.05, 4.69) is 27.3 Å². The molecule has 0 saturated carbocycles. The molecule has 0 radical (unpaired) electrons. The molecule has 4 heterocycles. The van der Waals surface area contributed by atoms with Crippen molar-refractivity contribution in [2.45, 2.75) is 57.2 Å². The summed E-state index contributed by atoms with van der Waals surface area (Å²) >= 11 is 0. The van der Waals surface area contributed by atoms with Gasteiger partial charge in [-0.25, -0.2) is 4.98 Å². The third-order valence-corrected chi connectivity index (χ3v) is 5.75. The fourth-order valence-electron chi connectivity index (χ4n) is 4.42. The highest BCUT2D eigenvalue weighted by molar-refractivity contribution is 6.05. The maximum Gasteiger partial charge on any atom is 0.252 e. The summed E-state index contributed by atoms with van der Waals surface area (Å²) in [7, 11) is 4.09. The van der Waals surface area contributed by atoms with E-state index in [-0.39, 0.29) is 11.9 Å². The molecule has 1 amide bonds. The number of amides is 1. The van der Waals surface area contributed by atoms with E-state index in [1.165, 1.54) is 19.3 Å². The van der Waals surface area contributed by atoms with Crippen molar-refractivity contribution < 1.29 is 4.79 Å². The van der Waals surface area contributed by atoms with Gasteiger partial charge in [-0.3, -0.25) is 9.48 Å². The van der Waals surface area contributed by atoms with E-state index in [1.807, 2.05) is 20.0 Å². The number of piperidine rings is 2. The van der Waals surface area contributed by atoms with Crippen LogP contribution in [-0.2, 0) is 7.05 Å². The third kappa shape index (κ3) is 2.59. The zero-order valence-electron chi connectivity index (χ0n) is 14.6. The van der Waals surface area contributed by atoms with Gasteiger partial charge in [-0.2, -0.15) is 5.10 Å². The van der Waals surface area contributed by atoms with Gasteiger partial charge in [0.2, 0.25) is 0 Å². The molecule has 2 saturated heterocycles. The van der Waals surface area contributed by atoms with Crippen LogP contribution in [0.15, 0.2) is 12.3 Å². The van der Waals surface area contributed by atoms with Crippen LogP contribution in [0.5, 0.6) is 0 Å². The first kappa shape index (κ1) is 15.6. The van der Waals surface area contributed by atoms with E-state index in [0.29, 0.717) is 17.6 Å². The quantitative estimate of drug-likeness (QED) is 0.917. The molecule has 2 aromatic rings. The first-order chi connectivity index (χ1) is 11.5. The molecule has 2 bridgehead atoms. The molecule has 1 N–H and O–H groups in total. The van der Waals surface area contributed by atoms with E-state index < -0.39 is 0 Å². The summed E-state index contributed by atoms with van der Waals surface area (Å²) in [5.74, 6) is 0.00567. The van der Waals surface area contributed by atoms with Crippen molar-refractivity contribution >= 4 is 16.9 Å². The number of hydrogen-bond acceptors (Lipinski definition) is 4. The fraction of sp³-hybridized carbons (Fsp3) is 0.611. The lowest BCUT2D eigenvalue weighted by molar-refractivity contribution is 0.0463. The number of carbonyl (C=O) groups excluding carboxylic acids is 1. The molecule has 0 spiro atoms. The zero-order valence-corrected chi connectivity index (χ0v) is 14.6. The first-order valence-electron chi connectivity index (χ1n) is 8.85. The number of nitrogens with zero attached hydrogens (tertiary/aromatic N) is 4. The summed E-state index contributed by atoms with van der Waals surface area (Å²) in [5.41, 5.74) is 2.30. The number of carbonyl (C=O) groups is 1. The molecular weight excluding hydrogens is 302 g/mol. The van der Waals surface area contributed by atoms with Gasteiger partial charge in [-0.15, -0.1) is 0 Å². The maximum absolute atomic E-state index is 12.9. The van der Waals surface area contributed by atoms with E-state index in [1.54, 1.807) is 10.9 Å². The van der Waals surface area contributed by atoms with E-state index in [9.17, 15) is 4.79 Å². The van der Waals surface area contributed by atoms with Gasteiger partial charge in [0.1, 0.15) is 0 Å². The molecule has 2 fully saturated rings. The Labute approximate surface area is 142 Å². The second-order valence-electron chi connectivity index (χ2n) is 7.36. The molecule has 2 aliphatic rings. The Balaban J connectivity index is 1.57. The Morgan fingerprint density at radius 1 is 1.25 bits per heavy atom. The molecule has 24 heavy (non-hydrogen) atoms. The summed E-state index contributed by atoms with van der Waals surface area (Å²) in [4.78, 5) is 19.9. The largest absolute Gasteiger partial charge is 0.349 e. The number of aryl methyl sites for hydroxylation is 2. The van der Waals surface area contributed by atoms with Crippen LogP contribution in [-0.4, -0.2) is 50.7 Å². The monoisotopic (exact) mass is 327 g/mol. The number of nitrogens with one attached hydrogen (secondary N) is 1. The highest BCUT2D eigenvalue weighted by Gasteiger charge is 2.36. The Morgan fingerprint density at radius 2 is 1.96 bits per heavy atom. The van der Waals surface area contributed by atoms with Gasteiger partial charge in [0.05, 0.1) is 17.1 Å². The van der Waals surface area contributed by atoms with Crippen molar-refractivity contribution in [1.82, 2.24) is 25.0 Å². The molecule has 6 nitrogen and oxygen atoms in total. The molecular formula is C18H25N5O. The van der Waals surface area contributed by atoms with Crippen LogP contribution < -0.4 is 5.32 Å². The predicted octanol–water partition coefficient (Wildman–Crippen LogP) is 2.02. The second-order valence-corrected chi connectivity index (χ2v) is 7.36. The minimum atomic E-state index is 0.00567. The van der Waals surface area contributed by atoms with Gasteiger partial charge in [0, 0.05) is 30.9 Å². The third-order valence-electron chi connectivity index (χ3n) is 5.75. The van der Waals surface area contributed by atoms with Crippen molar-refractivity contribution in [2.24, 2.45) is 7.05 Å². The molecule has 2 aliphatic heterocycles. The van der Waals surface area contributed by atoms with Gasteiger partial charge in [0.25, 0.3) is 5.91 Å². The number of pyridine rings is 1. The highest BCUT2D eigenvalue weighted by atomic mass is 16.1. The van der Waals surface area contributed by atoms with E-state index in [4.69, 9.17) is 0 Å². The van der Waals surface area contributed by atoms with Gasteiger partial charge < -0.3 is 10.2 Å². The maximum atomic E-state index is 12.9. The lowest BCUT2D eigenvalue weighted by Gasteiger charge is -2.47. The number of rotatable bonds is 2. The molecule has 6 heteroatoms. The van der Waals surface area contributed by atoms with Crippen molar-refractivity contribution in [3.63, 3.8) is 0 Å². The number of fused-ring (bicyclic) bond motifs is 3. The smallest absolute Gasteiger partial charge is 0.252 e. The molecule has 0 aromatic carbocycles. The summed E-state index contributed by atoms with van der Waals surface area (Å²) in [5, 5.41) is 8.36. The number of aromatic nitrogens is 3. The summed E-state index contributed by atoms with van der Waals surface area (Å²) < 4.78 is 1.72. The average Bonchev–Trinajstić information content (AvgIpc) is 2.89. The molecule has 2 aromatic heterocycles. The van der Waals surface area contributed by atoms with Crippen LogP contribution in [0.3, 0.4) is 0 Å². The van der Waals surface area contributed by atoms with Gasteiger partial charge in [-0.1, -0.05) is 6.42 Å². The van der Waals surface area contributed by atoms with Crippen LogP contribution in [0, 0.1) is 6.92 Å². The van der Waals surface area contributed by atoms with Crippen LogP contribution in [0.2, 0.25) is 0 Å². The summed E-state index contributed by atoms with van der Waals surface area (Å²) in [6, 6.07) is 3.36. The van der Waals surface area contributed by atoms with E-state index in [0.717, 1.165) is 29.6 Å². The first-order valence-corrected chi connectivity index (χ1v) is 8.85. The van der Waals surface area contributed by atoms with E-state index >= 15 is 0 Å². The second kappa shape index (κ2) is 5.84. The number of hydrogen-bond donors (Lipinski definition) is 1. The Morgan fingerprint density at radius 3 is 2.67 bits per heavy atom. The van der Waals surface area contributed by atoms with Crippen LogP contribution in [0.4, 0.5) is 0 Å². The Kier molecular flexibility index (Phi) is 3.79. The fourth-order valence-corrected chi connectivity index (χ4v) is 4.42. The average molecular weight is 327 g/mol. The standard InChI is InChI=1S/C18H25N5O/c1-11-7-15(16-10-19-23(3)17(16)20-11)18(24)21-12-8-13-5-4-6-14(9-12)22(13)2/h7,10,12-14H,4-6,8-9H2,1-3H3,(H,21,24)/t12?,13-,14+. The summed E-state index contributed by atoms with van der Waals surface area (Å²) in [6.45, 7) is 1.92. The molecule has 4 rings (SSSR count). The highest BCUT2D eigenvalue weighted by Crippen LogP contribution is 2.32. The summed E-state index contributed by atoms with van der Waals surface area (Å²) in [6.07, 6.45) is 7.67. The topological polar surface area (TPSA) is 63.1 Å². The Hall–Kier alpha value is -1.95. The Bertz CT molecular complexity index is 769. The normalized spacial score (nSPS) is 27.4. The van der Waals surface area contributed by atoms with Crippen molar-refractivity contribution in [2.75, 3.05) is 7.05 Å². The van der Waals surface area contributed by atoms with Crippen molar-refractivity contribution in [3.05, 3.63) is 23.5 Å². The molecule has 3 atom stereocenters. The molecule has 0 aliphatic carbocycles. The molecule has 1 unspecified atom stereocenters. The zero-order chi connectivity index (χ0) is 16.8. The van der Waals surface area contributed by atoms with Crippen LogP contribution in [0.25, 0.3) is 11.0 Å². The minimum absolute atomic E-state index is 0.00567. The van der Waals surface area contributed by atoms with Crippen molar-refractivity contribution in [1.29, 1.82) is 0 Å². The van der Waals surface area contributed by atoms with Crippen LogP contribution in [0.1, 0.15) is 48.2 Å². The van der Waals surface area contributed by atoms with Gasteiger partial charge in [0.15, 0.2) is 5.65 Å². The van der Waals surface area contributed by atoms with Gasteiger partial charge >= 0.3 is 0 Å². The predicted molar refractivity (Wildman–Crippen MR) is 92.9 cm³/mol. The van der Waals surface area contributed by atoms with Crippen molar-refractivity contribution in [3.8, 4) is 0 Å². The minimum Gasteiger partial charge on any atom is -0.349 e. The SMILES string of the molecule is Cc1cc(C(=O)NC2C[C@H]3CCC[C@@H](C2)N3C)c2cnn(C)c2n1. The van der Waals surface area contributed by atoms with Gasteiger partial charge in [-0.05, 0) is 45.7 Å². The lowest BCUT2D eigenvalue weighted by atomic mass is 9.82. The molecule has 128 valence electrons. The van der Waals surface area contributed by atoms with Crippen LogP contribution >= 0.6 is 0 Å². The lowest BCUT2D eigenvalue weighted by Crippen LogP contribution is -2.55.